The number of carbonyl (C=O) groups is 1. The molecule has 0 heterocycles. The molecule has 1 N–H and O–H groups in total. The van der Waals surface area contributed by atoms with Crippen molar-refractivity contribution in [3.8, 4) is 23.3 Å². The van der Waals surface area contributed by atoms with Crippen molar-refractivity contribution in [2.24, 2.45) is 0 Å². The van der Waals surface area contributed by atoms with Gasteiger partial charge in [0.25, 0.3) is 5.91 Å². The van der Waals surface area contributed by atoms with Crippen LogP contribution >= 0.6 is 15.9 Å². The van der Waals surface area contributed by atoms with E-state index < -0.39 is 5.91 Å². The van der Waals surface area contributed by atoms with Gasteiger partial charge in [-0.3, -0.25) is 4.79 Å². The number of hydrogen-bond donors (Lipinski definition) is 1. The molecule has 0 radical (unpaired) electrons. The summed E-state index contributed by atoms with van der Waals surface area (Å²) in [6.45, 7) is 5.11. The Morgan fingerprint density at radius 1 is 1.03 bits per heavy atom. The zero-order valence-electron chi connectivity index (χ0n) is 19.9. The molecule has 0 saturated carbocycles. The highest BCUT2D eigenvalue weighted by Gasteiger charge is 2.14. The van der Waals surface area contributed by atoms with Gasteiger partial charge < -0.3 is 19.5 Å². The third-order valence-corrected chi connectivity index (χ3v) is 5.89. The Bertz CT molecular complexity index is 1250. The summed E-state index contributed by atoms with van der Waals surface area (Å²) in [5.74, 6) is 1.33. The van der Waals surface area contributed by atoms with Gasteiger partial charge in [0.15, 0.2) is 11.5 Å². The molecule has 0 aromatic heterocycles. The molecule has 1 amide bonds. The second kappa shape index (κ2) is 12.6. The molecule has 3 rings (SSSR count). The van der Waals surface area contributed by atoms with Crippen LogP contribution in [0, 0.1) is 25.2 Å². The molecule has 3 aromatic carbocycles. The Morgan fingerprint density at radius 2 is 1.77 bits per heavy atom. The van der Waals surface area contributed by atoms with E-state index in [1.165, 1.54) is 24.3 Å². The van der Waals surface area contributed by atoms with Gasteiger partial charge in [-0.05, 0) is 82.4 Å². The molecule has 0 aliphatic rings. The molecule has 6 nitrogen and oxygen atoms in total. The van der Waals surface area contributed by atoms with Gasteiger partial charge in [0.2, 0.25) is 0 Å². The number of nitriles is 1. The third kappa shape index (κ3) is 7.36. The van der Waals surface area contributed by atoms with Crippen LogP contribution in [-0.4, -0.2) is 26.2 Å². The Kier molecular flexibility index (Phi) is 9.33. The van der Waals surface area contributed by atoms with E-state index in [0.717, 1.165) is 11.3 Å². The highest BCUT2D eigenvalue weighted by atomic mass is 79.9. The summed E-state index contributed by atoms with van der Waals surface area (Å²) in [4.78, 5) is 12.5. The van der Waals surface area contributed by atoms with Crippen molar-refractivity contribution in [2.45, 2.75) is 20.4 Å². The van der Waals surface area contributed by atoms with Crippen LogP contribution in [-0.2, 0) is 11.3 Å². The highest BCUT2D eigenvalue weighted by molar-refractivity contribution is 9.10. The van der Waals surface area contributed by atoms with E-state index in [2.05, 4.69) is 28.2 Å². The minimum atomic E-state index is -0.449. The van der Waals surface area contributed by atoms with Crippen LogP contribution in [0.15, 0.2) is 70.7 Å². The van der Waals surface area contributed by atoms with Gasteiger partial charge in [0, 0.05) is 6.54 Å². The molecule has 0 spiro atoms. The molecule has 0 aliphatic heterocycles. The maximum absolute atomic E-state index is 12.5. The average molecular weight is 535 g/mol. The second-order valence-corrected chi connectivity index (χ2v) is 8.67. The molecule has 0 unspecified atom stereocenters. The fourth-order valence-corrected chi connectivity index (χ4v) is 3.83. The lowest BCUT2D eigenvalue weighted by Crippen LogP contribution is -2.23. The van der Waals surface area contributed by atoms with Crippen LogP contribution in [0.3, 0.4) is 0 Å². The van der Waals surface area contributed by atoms with Gasteiger partial charge in [-0.1, -0.05) is 36.4 Å². The quantitative estimate of drug-likeness (QED) is 0.203. The normalized spacial score (nSPS) is 10.9. The lowest BCUT2D eigenvalue weighted by Gasteiger charge is -2.14. The standard InChI is InChI=1S/C28H27BrN2O4/c1-19-9-10-24(13-20(19)2)34-11-12-35-27-25(29)15-22(16-26(27)33-3)14-23(17-30)28(32)31-18-21-7-5-4-6-8-21/h4-10,13-16H,11-12,18H2,1-3H3,(H,31,32)/b23-14+. The summed E-state index contributed by atoms with van der Waals surface area (Å²) in [7, 11) is 1.53. The summed E-state index contributed by atoms with van der Waals surface area (Å²) in [5, 5.41) is 12.3. The topological polar surface area (TPSA) is 80.6 Å². The van der Waals surface area contributed by atoms with E-state index in [1.807, 2.05) is 61.5 Å². The lowest BCUT2D eigenvalue weighted by molar-refractivity contribution is -0.117. The van der Waals surface area contributed by atoms with Crippen molar-refractivity contribution in [1.29, 1.82) is 5.26 Å². The van der Waals surface area contributed by atoms with Crippen molar-refractivity contribution >= 4 is 27.9 Å². The number of nitrogens with one attached hydrogen (secondary N) is 1. The van der Waals surface area contributed by atoms with Gasteiger partial charge in [-0.2, -0.15) is 5.26 Å². The summed E-state index contributed by atoms with van der Waals surface area (Å²) < 4.78 is 17.8. The summed E-state index contributed by atoms with van der Waals surface area (Å²) in [6, 6.07) is 20.9. The van der Waals surface area contributed by atoms with E-state index in [9.17, 15) is 10.1 Å². The van der Waals surface area contributed by atoms with E-state index in [4.69, 9.17) is 14.2 Å². The number of rotatable bonds is 10. The van der Waals surface area contributed by atoms with Crippen molar-refractivity contribution in [3.63, 3.8) is 0 Å². The van der Waals surface area contributed by atoms with Crippen LogP contribution in [0.5, 0.6) is 17.2 Å². The minimum absolute atomic E-state index is 0.00894. The average Bonchev–Trinajstić information content (AvgIpc) is 2.87. The molecule has 7 heteroatoms. The number of amides is 1. The summed E-state index contributed by atoms with van der Waals surface area (Å²) in [6.07, 6.45) is 1.51. The van der Waals surface area contributed by atoms with Crippen LogP contribution in [0.25, 0.3) is 6.08 Å². The number of hydrogen-bond acceptors (Lipinski definition) is 5. The highest BCUT2D eigenvalue weighted by Crippen LogP contribution is 2.37. The number of aryl methyl sites for hydroxylation is 2. The monoisotopic (exact) mass is 534 g/mol. The van der Waals surface area contributed by atoms with Crippen LogP contribution in [0.4, 0.5) is 0 Å². The molecule has 0 saturated heterocycles. The molecule has 180 valence electrons. The summed E-state index contributed by atoms with van der Waals surface area (Å²) in [5.41, 5.74) is 3.95. The SMILES string of the molecule is COc1cc(/C=C(\C#N)C(=O)NCc2ccccc2)cc(Br)c1OCCOc1ccc(C)c(C)c1. The number of halogens is 1. The van der Waals surface area contributed by atoms with Gasteiger partial charge in [-0.25, -0.2) is 0 Å². The Hall–Kier alpha value is -3.76. The molecule has 35 heavy (non-hydrogen) atoms. The second-order valence-electron chi connectivity index (χ2n) is 7.82. The molecular weight excluding hydrogens is 508 g/mol. The number of carbonyl (C=O) groups excluding carboxylic acids is 1. The zero-order valence-corrected chi connectivity index (χ0v) is 21.5. The van der Waals surface area contributed by atoms with Crippen molar-refractivity contribution in [1.82, 2.24) is 5.32 Å². The van der Waals surface area contributed by atoms with E-state index in [0.29, 0.717) is 41.3 Å². The summed E-state index contributed by atoms with van der Waals surface area (Å²) >= 11 is 3.51. The number of methoxy groups -OCH3 is 1. The van der Waals surface area contributed by atoms with Gasteiger partial charge in [0.05, 0.1) is 11.6 Å². The first-order valence-electron chi connectivity index (χ1n) is 11.1. The Labute approximate surface area is 214 Å². The van der Waals surface area contributed by atoms with Crippen molar-refractivity contribution < 1.29 is 19.0 Å². The van der Waals surface area contributed by atoms with Crippen LogP contribution < -0.4 is 19.5 Å². The first-order chi connectivity index (χ1) is 16.9. The minimum Gasteiger partial charge on any atom is -0.493 e. The fraction of sp³-hybridized carbons (Fsp3) is 0.214. The lowest BCUT2D eigenvalue weighted by atomic mass is 10.1. The molecule has 0 fully saturated rings. The predicted octanol–water partition coefficient (Wildman–Crippen LogP) is 5.76. The molecule has 3 aromatic rings. The molecular formula is C28H27BrN2O4. The first-order valence-corrected chi connectivity index (χ1v) is 11.8. The van der Waals surface area contributed by atoms with Gasteiger partial charge in [-0.15, -0.1) is 0 Å². The van der Waals surface area contributed by atoms with Crippen LogP contribution in [0.1, 0.15) is 22.3 Å². The number of nitrogens with zero attached hydrogens (tertiary/aromatic N) is 1. The smallest absolute Gasteiger partial charge is 0.262 e. The van der Waals surface area contributed by atoms with Crippen molar-refractivity contribution in [3.05, 3.63) is 93.0 Å². The molecule has 0 atom stereocenters. The third-order valence-electron chi connectivity index (χ3n) is 5.30. The number of ether oxygens (including phenoxy) is 3. The molecule has 0 aliphatic carbocycles. The number of benzene rings is 3. The molecule has 0 bridgehead atoms. The predicted molar refractivity (Wildman–Crippen MR) is 139 cm³/mol. The maximum Gasteiger partial charge on any atom is 0.262 e. The van der Waals surface area contributed by atoms with E-state index in [1.54, 1.807) is 12.1 Å². The Balaban J connectivity index is 1.65. The zero-order chi connectivity index (χ0) is 25.2. The Morgan fingerprint density at radius 3 is 2.46 bits per heavy atom. The largest absolute Gasteiger partial charge is 0.493 e. The van der Waals surface area contributed by atoms with E-state index in [-0.39, 0.29) is 5.57 Å². The van der Waals surface area contributed by atoms with Gasteiger partial charge in [0.1, 0.15) is 30.6 Å². The van der Waals surface area contributed by atoms with Gasteiger partial charge >= 0.3 is 0 Å². The first kappa shape index (κ1) is 25.9. The maximum atomic E-state index is 12.5. The van der Waals surface area contributed by atoms with E-state index >= 15 is 0 Å². The fourth-order valence-electron chi connectivity index (χ4n) is 3.26. The van der Waals surface area contributed by atoms with Crippen LogP contribution in [0.2, 0.25) is 0 Å². The van der Waals surface area contributed by atoms with Crippen molar-refractivity contribution in [2.75, 3.05) is 20.3 Å².